The molecule has 3 aromatic carbocycles. The van der Waals surface area contributed by atoms with Gasteiger partial charge < -0.3 is 19.5 Å². The third-order valence-electron chi connectivity index (χ3n) is 5.57. The summed E-state index contributed by atoms with van der Waals surface area (Å²) >= 11 is 0. The fourth-order valence-electron chi connectivity index (χ4n) is 3.94. The summed E-state index contributed by atoms with van der Waals surface area (Å²) in [5, 5.41) is 10.3. The van der Waals surface area contributed by atoms with Crippen molar-refractivity contribution >= 4 is 12.4 Å². The molecule has 1 fully saturated rings. The first-order chi connectivity index (χ1) is 14.8. The largest absolute Gasteiger partial charge is 0.491 e. The van der Waals surface area contributed by atoms with Gasteiger partial charge in [0, 0.05) is 6.54 Å². The molecule has 0 aliphatic carbocycles. The molecule has 0 unspecified atom stereocenters. The molecule has 1 saturated heterocycles. The Morgan fingerprint density at radius 2 is 1.32 bits per heavy atom. The lowest BCUT2D eigenvalue weighted by Crippen LogP contribution is -2.40. The van der Waals surface area contributed by atoms with Gasteiger partial charge in [-0.15, -0.1) is 12.4 Å². The molecule has 1 atom stereocenters. The lowest BCUT2D eigenvalue weighted by atomic mass is 9.89. The summed E-state index contributed by atoms with van der Waals surface area (Å²) in [7, 11) is 0. The van der Waals surface area contributed by atoms with E-state index in [9.17, 15) is 5.11 Å². The fourth-order valence-corrected chi connectivity index (χ4v) is 3.94. The molecular formula is C26H30ClNO3. The minimum absolute atomic E-state index is 0. The number of likely N-dealkylation sites (tertiary alicyclic amines) is 1. The summed E-state index contributed by atoms with van der Waals surface area (Å²) < 4.78 is 11.6. The molecule has 0 aromatic heterocycles. The van der Waals surface area contributed by atoms with Gasteiger partial charge in [0.15, 0.2) is 0 Å². The second-order valence-electron chi connectivity index (χ2n) is 7.84. The second kappa shape index (κ2) is 11.8. The van der Waals surface area contributed by atoms with Crippen LogP contribution in [0.25, 0.3) is 0 Å². The maximum atomic E-state index is 10.3. The number of aliphatic hydroxyl groups excluding tert-OH is 1. The van der Waals surface area contributed by atoms with Gasteiger partial charge in [-0.3, -0.25) is 0 Å². The number of rotatable bonds is 8. The van der Waals surface area contributed by atoms with Crippen LogP contribution in [-0.4, -0.2) is 42.4 Å². The third kappa shape index (κ3) is 7.00. The Morgan fingerprint density at radius 1 is 0.774 bits per heavy atom. The Morgan fingerprint density at radius 3 is 1.94 bits per heavy atom. The van der Waals surface area contributed by atoms with E-state index in [0.29, 0.717) is 19.1 Å². The van der Waals surface area contributed by atoms with Crippen LogP contribution in [-0.2, 0) is 0 Å². The number of para-hydroxylation sites is 2. The zero-order valence-corrected chi connectivity index (χ0v) is 18.4. The molecule has 4 rings (SSSR count). The molecule has 3 aromatic rings. The SMILES string of the molecule is Cl.O[C@H](COc1ccccc1)CN1CCC(c2ccc(Oc3ccccc3)cc2)CC1. The first kappa shape index (κ1) is 23.1. The first-order valence-electron chi connectivity index (χ1n) is 10.7. The van der Waals surface area contributed by atoms with Crippen LogP contribution in [0.2, 0.25) is 0 Å². The van der Waals surface area contributed by atoms with Crippen LogP contribution < -0.4 is 9.47 Å². The van der Waals surface area contributed by atoms with Crippen molar-refractivity contribution in [3.8, 4) is 17.2 Å². The van der Waals surface area contributed by atoms with E-state index >= 15 is 0 Å². The highest BCUT2D eigenvalue weighted by Gasteiger charge is 2.22. The number of aliphatic hydroxyl groups is 1. The van der Waals surface area contributed by atoms with E-state index in [1.54, 1.807) is 0 Å². The maximum absolute atomic E-state index is 10.3. The average molecular weight is 440 g/mol. The number of hydrogen-bond donors (Lipinski definition) is 1. The van der Waals surface area contributed by atoms with Crippen LogP contribution in [0.1, 0.15) is 24.3 Å². The topological polar surface area (TPSA) is 41.9 Å². The Labute approximate surface area is 190 Å². The molecule has 4 nitrogen and oxygen atoms in total. The molecule has 0 radical (unpaired) electrons. The molecule has 1 aliphatic rings. The normalized spacial score (nSPS) is 15.6. The van der Waals surface area contributed by atoms with Crippen LogP contribution in [0.3, 0.4) is 0 Å². The number of ether oxygens (including phenoxy) is 2. The summed E-state index contributed by atoms with van der Waals surface area (Å²) in [5.41, 5.74) is 1.36. The first-order valence-corrected chi connectivity index (χ1v) is 10.7. The highest BCUT2D eigenvalue weighted by molar-refractivity contribution is 5.85. The van der Waals surface area contributed by atoms with E-state index in [1.807, 2.05) is 60.7 Å². The van der Waals surface area contributed by atoms with Crippen molar-refractivity contribution in [1.82, 2.24) is 4.90 Å². The van der Waals surface area contributed by atoms with Gasteiger partial charge >= 0.3 is 0 Å². The maximum Gasteiger partial charge on any atom is 0.127 e. The third-order valence-corrected chi connectivity index (χ3v) is 5.57. The van der Waals surface area contributed by atoms with Gasteiger partial charge in [-0.05, 0) is 73.8 Å². The van der Waals surface area contributed by atoms with Crippen LogP contribution in [0.4, 0.5) is 0 Å². The molecule has 5 heteroatoms. The standard InChI is InChI=1S/C26H29NO3.ClH/c28-23(20-29-24-7-3-1-4-8-24)19-27-17-15-22(16-18-27)21-11-13-26(14-12-21)30-25-9-5-2-6-10-25;/h1-14,22-23,28H,15-20H2;1H/t23-;/m0./s1. The summed E-state index contributed by atoms with van der Waals surface area (Å²) in [6.07, 6.45) is 1.73. The van der Waals surface area contributed by atoms with E-state index < -0.39 is 6.10 Å². The van der Waals surface area contributed by atoms with E-state index in [1.165, 1.54) is 5.56 Å². The van der Waals surface area contributed by atoms with Crippen LogP contribution in [0.15, 0.2) is 84.9 Å². The lowest BCUT2D eigenvalue weighted by Gasteiger charge is -2.33. The number of halogens is 1. The average Bonchev–Trinajstić information content (AvgIpc) is 2.80. The number of nitrogens with zero attached hydrogens (tertiary/aromatic N) is 1. The van der Waals surface area contributed by atoms with Crippen LogP contribution in [0.5, 0.6) is 17.2 Å². The van der Waals surface area contributed by atoms with Crippen molar-refractivity contribution in [3.63, 3.8) is 0 Å². The second-order valence-corrected chi connectivity index (χ2v) is 7.84. The van der Waals surface area contributed by atoms with Gasteiger partial charge in [0.05, 0.1) is 0 Å². The van der Waals surface area contributed by atoms with Crippen molar-refractivity contribution in [2.24, 2.45) is 0 Å². The summed E-state index contributed by atoms with van der Waals surface area (Å²) in [5.74, 6) is 3.08. The predicted octanol–water partition coefficient (Wildman–Crippen LogP) is 5.52. The summed E-state index contributed by atoms with van der Waals surface area (Å²) in [6.45, 7) is 2.97. The number of β-amino-alcohol motifs (C(OH)–C–C–N with tert-alkyl or cyclic N) is 1. The van der Waals surface area contributed by atoms with Crippen molar-refractivity contribution in [2.75, 3.05) is 26.2 Å². The molecule has 164 valence electrons. The zero-order chi connectivity index (χ0) is 20.6. The predicted molar refractivity (Wildman–Crippen MR) is 127 cm³/mol. The Balaban J connectivity index is 0.00000272. The van der Waals surface area contributed by atoms with Crippen LogP contribution in [0, 0.1) is 0 Å². The zero-order valence-electron chi connectivity index (χ0n) is 17.6. The van der Waals surface area contributed by atoms with Gasteiger partial charge in [-0.25, -0.2) is 0 Å². The molecular weight excluding hydrogens is 410 g/mol. The van der Waals surface area contributed by atoms with Crippen LogP contribution >= 0.6 is 12.4 Å². The monoisotopic (exact) mass is 439 g/mol. The highest BCUT2D eigenvalue weighted by Crippen LogP contribution is 2.30. The van der Waals surface area contributed by atoms with Crippen molar-refractivity contribution in [2.45, 2.75) is 24.9 Å². The van der Waals surface area contributed by atoms with Crippen molar-refractivity contribution in [1.29, 1.82) is 0 Å². The van der Waals surface area contributed by atoms with Crippen molar-refractivity contribution in [3.05, 3.63) is 90.5 Å². The molecule has 0 spiro atoms. The summed E-state index contributed by atoms with van der Waals surface area (Å²) in [4.78, 5) is 2.34. The number of hydrogen-bond acceptors (Lipinski definition) is 4. The molecule has 31 heavy (non-hydrogen) atoms. The smallest absolute Gasteiger partial charge is 0.127 e. The minimum Gasteiger partial charge on any atom is -0.491 e. The van der Waals surface area contributed by atoms with Gasteiger partial charge in [0.1, 0.15) is 30.0 Å². The number of benzene rings is 3. The Hall–Kier alpha value is -2.53. The number of piperidine rings is 1. The van der Waals surface area contributed by atoms with E-state index in [0.717, 1.165) is 43.2 Å². The molecule has 1 heterocycles. The summed E-state index contributed by atoms with van der Waals surface area (Å²) in [6, 6.07) is 28.0. The Kier molecular flexibility index (Phi) is 8.77. The lowest BCUT2D eigenvalue weighted by molar-refractivity contribution is 0.0594. The molecule has 1 N–H and O–H groups in total. The van der Waals surface area contributed by atoms with E-state index in [-0.39, 0.29) is 12.4 Å². The molecule has 0 amide bonds. The highest BCUT2D eigenvalue weighted by atomic mass is 35.5. The minimum atomic E-state index is -0.476. The van der Waals surface area contributed by atoms with E-state index in [4.69, 9.17) is 9.47 Å². The fraction of sp³-hybridized carbons (Fsp3) is 0.308. The van der Waals surface area contributed by atoms with E-state index in [2.05, 4.69) is 29.2 Å². The van der Waals surface area contributed by atoms with Gasteiger partial charge in [0.2, 0.25) is 0 Å². The molecule has 0 bridgehead atoms. The Bertz CT molecular complexity index is 882. The van der Waals surface area contributed by atoms with Gasteiger partial charge in [-0.2, -0.15) is 0 Å². The van der Waals surface area contributed by atoms with Crippen molar-refractivity contribution < 1.29 is 14.6 Å². The van der Waals surface area contributed by atoms with Gasteiger partial charge in [0.25, 0.3) is 0 Å². The quantitative estimate of drug-likeness (QED) is 0.501. The molecule has 0 saturated carbocycles. The molecule has 1 aliphatic heterocycles. The van der Waals surface area contributed by atoms with Gasteiger partial charge in [-0.1, -0.05) is 48.5 Å².